The predicted molar refractivity (Wildman–Crippen MR) is 85.2 cm³/mol. The summed E-state index contributed by atoms with van der Waals surface area (Å²) >= 11 is 3.52. The molecule has 0 radical (unpaired) electrons. The molecule has 1 aliphatic rings. The zero-order valence-electron chi connectivity index (χ0n) is 12.8. The van der Waals surface area contributed by atoms with Crippen LogP contribution in [0.25, 0.3) is 0 Å². The maximum absolute atomic E-state index is 5.30. The minimum Gasteiger partial charge on any atom is -0.384 e. The lowest BCUT2D eigenvalue weighted by Gasteiger charge is -2.34. The predicted octanol–water partition coefficient (Wildman–Crippen LogP) is 3.40. The molecule has 0 aromatic carbocycles. The molecule has 0 amide bonds. The van der Waals surface area contributed by atoms with E-state index in [1.165, 1.54) is 12.8 Å². The van der Waals surface area contributed by atoms with Gasteiger partial charge in [-0.05, 0) is 34.7 Å². The Bertz CT molecular complexity index is 457. The number of hydrogen-bond donors (Lipinski definition) is 0. The van der Waals surface area contributed by atoms with E-state index >= 15 is 0 Å². The van der Waals surface area contributed by atoms with Crippen molar-refractivity contribution in [2.45, 2.75) is 39.0 Å². The fourth-order valence-electron chi connectivity index (χ4n) is 2.55. The lowest BCUT2D eigenvalue weighted by Crippen LogP contribution is -2.38. The quantitative estimate of drug-likeness (QED) is 0.789. The van der Waals surface area contributed by atoms with Crippen LogP contribution >= 0.6 is 15.9 Å². The molecule has 1 aromatic heterocycles. The van der Waals surface area contributed by atoms with Crippen LogP contribution in [0.1, 0.15) is 39.4 Å². The average Bonchev–Trinajstić information content (AvgIpc) is 2.38. The molecule has 5 heteroatoms. The van der Waals surface area contributed by atoms with Crippen LogP contribution in [0, 0.1) is 5.92 Å². The molecule has 2 heterocycles. The number of halogens is 1. The number of piperidine rings is 1. The molecule has 0 spiro atoms. The Labute approximate surface area is 130 Å². The Morgan fingerprint density at radius 3 is 2.80 bits per heavy atom. The summed E-state index contributed by atoms with van der Waals surface area (Å²) in [6, 6.07) is 2.02. The fourth-order valence-corrected chi connectivity index (χ4v) is 2.92. The smallest absolute Gasteiger partial charge is 0.137 e. The third-order valence-corrected chi connectivity index (χ3v) is 4.00. The molecule has 4 nitrogen and oxygen atoms in total. The highest BCUT2D eigenvalue weighted by Crippen LogP contribution is 2.27. The van der Waals surface area contributed by atoms with Crippen molar-refractivity contribution in [3.8, 4) is 0 Å². The Balaban J connectivity index is 2.21. The molecular formula is C15H24BrN3O. The summed E-state index contributed by atoms with van der Waals surface area (Å²) in [5.41, 5.74) is -0.0414. The summed E-state index contributed by atoms with van der Waals surface area (Å²) in [5, 5.41) is 0. The molecule has 1 aromatic rings. The number of methoxy groups -OCH3 is 1. The maximum atomic E-state index is 5.30. The van der Waals surface area contributed by atoms with Crippen LogP contribution in [0.4, 0.5) is 5.82 Å². The summed E-state index contributed by atoms with van der Waals surface area (Å²) < 4.78 is 6.16. The minimum absolute atomic E-state index is 0.0414. The third kappa shape index (κ3) is 3.92. The zero-order valence-corrected chi connectivity index (χ0v) is 14.4. The Morgan fingerprint density at radius 1 is 1.40 bits per heavy atom. The van der Waals surface area contributed by atoms with E-state index in [1.54, 1.807) is 7.11 Å². The molecule has 112 valence electrons. The normalized spacial score (nSPS) is 20.2. The van der Waals surface area contributed by atoms with Gasteiger partial charge in [0, 0.05) is 31.7 Å². The number of nitrogens with zero attached hydrogens (tertiary/aromatic N) is 3. The molecule has 0 N–H and O–H groups in total. The van der Waals surface area contributed by atoms with Gasteiger partial charge >= 0.3 is 0 Å². The van der Waals surface area contributed by atoms with Crippen molar-refractivity contribution in [2.24, 2.45) is 5.92 Å². The van der Waals surface area contributed by atoms with Crippen molar-refractivity contribution in [1.82, 2.24) is 9.97 Å². The van der Waals surface area contributed by atoms with Crippen LogP contribution in [0.15, 0.2) is 10.7 Å². The number of hydrogen-bond acceptors (Lipinski definition) is 4. The van der Waals surface area contributed by atoms with Gasteiger partial charge in [0.15, 0.2) is 0 Å². The highest BCUT2D eigenvalue weighted by molar-refractivity contribution is 9.10. The van der Waals surface area contributed by atoms with Gasteiger partial charge in [-0.3, -0.25) is 0 Å². The van der Waals surface area contributed by atoms with Gasteiger partial charge in [0.2, 0.25) is 0 Å². The fraction of sp³-hybridized carbons (Fsp3) is 0.733. The van der Waals surface area contributed by atoms with Crippen molar-refractivity contribution in [2.75, 3.05) is 31.7 Å². The van der Waals surface area contributed by atoms with Gasteiger partial charge in [0.25, 0.3) is 0 Å². The van der Waals surface area contributed by atoms with Crippen LogP contribution in [-0.2, 0) is 10.2 Å². The lowest BCUT2D eigenvalue weighted by molar-refractivity contribution is 0.143. The Kier molecular flexibility index (Phi) is 5.02. The Hall–Kier alpha value is -0.680. The van der Waals surface area contributed by atoms with Crippen LogP contribution in [-0.4, -0.2) is 36.8 Å². The van der Waals surface area contributed by atoms with E-state index in [1.807, 2.05) is 6.07 Å². The van der Waals surface area contributed by atoms with Crippen LogP contribution < -0.4 is 4.90 Å². The number of ether oxygens (including phenoxy) is 1. The average molecular weight is 342 g/mol. The second-order valence-electron chi connectivity index (χ2n) is 6.53. The van der Waals surface area contributed by atoms with Crippen LogP contribution in [0.5, 0.6) is 0 Å². The van der Waals surface area contributed by atoms with Gasteiger partial charge in [-0.1, -0.05) is 20.8 Å². The topological polar surface area (TPSA) is 38.2 Å². The SMILES string of the molecule is COCC1CCCN(c2cc(Br)nc(C(C)(C)C)n2)C1. The van der Waals surface area contributed by atoms with E-state index in [0.717, 1.165) is 35.9 Å². The minimum atomic E-state index is -0.0414. The molecule has 1 aliphatic heterocycles. The third-order valence-electron chi connectivity index (χ3n) is 3.60. The first-order valence-corrected chi connectivity index (χ1v) is 7.98. The van der Waals surface area contributed by atoms with E-state index in [2.05, 4.69) is 46.6 Å². The standard InChI is InChI=1S/C15H24BrN3O/c1-15(2,3)14-17-12(16)8-13(18-14)19-7-5-6-11(9-19)10-20-4/h8,11H,5-7,9-10H2,1-4H3. The molecular weight excluding hydrogens is 318 g/mol. The zero-order chi connectivity index (χ0) is 14.8. The van der Waals surface area contributed by atoms with Gasteiger partial charge in [-0.2, -0.15) is 0 Å². The lowest BCUT2D eigenvalue weighted by atomic mass is 9.95. The summed E-state index contributed by atoms with van der Waals surface area (Å²) in [4.78, 5) is 11.6. The first-order chi connectivity index (χ1) is 9.40. The second-order valence-corrected chi connectivity index (χ2v) is 7.34. The van der Waals surface area contributed by atoms with E-state index < -0.39 is 0 Å². The number of aromatic nitrogens is 2. The van der Waals surface area contributed by atoms with E-state index in [9.17, 15) is 0 Å². The second kappa shape index (κ2) is 6.39. The molecule has 0 aliphatic carbocycles. The van der Waals surface area contributed by atoms with E-state index in [4.69, 9.17) is 9.72 Å². The van der Waals surface area contributed by atoms with Crippen molar-refractivity contribution in [3.05, 3.63) is 16.5 Å². The molecule has 2 rings (SSSR count). The first kappa shape index (κ1) is 15.7. The van der Waals surface area contributed by atoms with Gasteiger partial charge in [0.1, 0.15) is 16.2 Å². The molecule has 0 saturated carbocycles. The summed E-state index contributed by atoms with van der Waals surface area (Å²) in [6.07, 6.45) is 2.43. The van der Waals surface area contributed by atoms with Gasteiger partial charge in [-0.25, -0.2) is 9.97 Å². The van der Waals surface area contributed by atoms with Gasteiger partial charge < -0.3 is 9.64 Å². The van der Waals surface area contributed by atoms with Crippen molar-refractivity contribution in [3.63, 3.8) is 0 Å². The largest absolute Gasteiger partial charge is 0.384 e. The number of anilines is 1. The van der Waals surface area contributed by atoms with E-state index in [0.29, 0.717) is 5.92 Å². The number of rotatable bonds is 3. The monoisotopic (exact) mass is 341 g/mol. The summed E-state index contributed by atoms with van der Waals surface area (Å²) in [7, 11) is 1.78. The highest BCUT2D eigenvalue weighted by atomic mass is 79.9. The highest BCUT2D eigenvalue weighted by Gasteiger charge is 2.24. The Morgan fingerprint density at radius 2 is 2.15 bits per heavy atom. The van der Waals surface area contributed by atoms with Crippen molar-refractivity contribution >= 4 is 21.7 Å². The summed E-state index contributed by atoms with van der Waals surface area (Å²) in [5.74, 6) is 2.51. The molecule has 20 heavy (non-hydrogen) atoms. The summed E-state index contributed by atoms with van der Waals surface area (Å²) in [6.45, 7) is 9.33. The van der Waals surface area contributed by atoms with Crippen LogP contribution in [0.3, 0.4) is 0 Å². The first-order valence-electron chi connectivity index (χ1n) is 7.19. The molecule has 1 atom stereocenters. The van der Waals surface area contributed by atoms with Crippen LogP contribution in [0.2, 0.25) is 0 Å². The van der Waals surface area contributed by atoms with Crippen molar-refractivity contribution < 1.29 is 4.74 Å². The molecule has 1 unspecified atom stereocenters. The van der Waals surface area contributed by atoms with Crippen molar-refractivity contribution in [1.29, 1.82) is 0 Å². The maximum Gasteiger partial charge on any atom is 0.137 e. The molecule has 1 fully saturated rings. The van der Waals surface area contributed by atoms with Gasteiger partial charge in [-0.15, -0.1) is 0 Å². The van der Waals surface area contributed by atoms with Gasteiger partial charge in [0.05, 0.1) is 6.61 Å². The molecule has 0 bridgehead atoms. The van der Waals surface area contributed by atoms with E-state index in [-0.39, 0.29) is 5.41 Å². The molecule has 1 saturated heterocycles.